The Morgan fingerprint density at radius 3 is 2.32 bits per heavy atom. The van der Waals surface area contributed by atoms with Crippen LogP contribution in [-0.4, -0.2) is 31.7 Å². The van der Waals surface area contributed by atoms with Crippen molar-refractivity contribution in [2.75, 3.05) is 16.7 Å². The highest BCUT2D eigenvalue weighted by Gasteiger charge is 2.32. The van der Waals surface area contributed by atoms with Crippen LogP contribution < -0.4 is 4.31 Å². The number of anilines is 2. The third-order valence-corrected chi connectivity index (χ3v) is 4.74. The Morgan fingerprint density at radius 2 is 1.72 bits per heavy atom. The van der Waals surface area contributed by atoms with Crippen molar-refractivity contribution in [2.45, 2.75) is 6.92 Å². The van der Waals surface area contributed by atoms with Gasteiger partial charge in [-0.25, -0.2) is 12.7 Å². The first-order valence-corrected chi connectivity index (χ1v) is 8.95. The zero-order chi connectivity index (χ0) is 18.4. The van der Waals surface area contributed by atoms with E-state index in [1.165, 1.54) is 36.4 Å². The largest absolute Gasteiger partial charge is 0.465 e. The molecule has 0 spiro atoms. The van der Waals surface area contributed by atoms with Crippen LogP contribution in [0.5, 0.6) is 0 Å². The molecule has 0 aliphatic rings. The molecule has 0 heterocycles. The van der Waals surface area contributed by atoms with E-state index in [2.05, 4.69) is 0 Å². The first kappa shape index (κ1) is 18.4. The molecule has 0 fully saturated rings. The number of nitrogens with zero attached hydrogens (tertiary/aromatic N) is 2. The first-order chi connectivity index (χ1) is 11.9. The summed E-state index contributed by atoms with van der Waals surface area (Å²) in [5.74, 6) is -1.86. The Balaban J connectivity index is 2.60. The van der Waals surface area contributed by atoms with Gasteiger partial charge in [-0.3, -0.25) is 14.9 Å². The van der Waals surface area contributed by atoms with Gasteiger partial charge >= 0.3 is 5.97 Å². The smallest absolute Gasteiger partial charge is 0.323 e. The lowest BCUT2D eigenvalue weighted by Gasteiger charge is -2.23. The monoisotopic (exact) mass is 364 g/mol. The number of rotatable bonds is 7. The maximum absolute atomic E-state index is 12.8. The molecule has 2 aromatic carbocycles. The third-order valence-electron chi connectivity index (χ3n) is 3.17. The van der Waals surface area contributed by atoms with Crippen molar-refractivity contribution in [2.24, 2.45) is 0 Å². The number of esters is 1. The van der Waals surface area contributed by atoms with E-state index >= 15 is 0 Å². The molecule has 0 unspecified atom stereocenters. The first-order valence-electron chi connectivity index (χ1n) is 7.34. The van der Waals surface area contributed by atoms with Crippen molar-refractivity contribution in [3.05, 3.63) is 64.7 Å². The number of carbonyl (C=O) groups is 1. The van der Waals surface area contributed by atoms with Crippen molar-refractivity contribution in [3.63, 3.8) is 0 Å². The van der Waals surface area contributed by atoms with Crippen LogP contribution in [-0.2, 0) is 19.6 Å². The molecule has 9 heteroatoms. The van der Waals surface area contributed by atoms with Crippen LogP contribution in [0.4, 0.5) is 17.1 Å². The Labute approximate surface area is 144 Å². The van der Waals surface area contributed by atoms with E-state index in [9.17, 15) is 23.3 Å². The average molecular weight is 364 g/mol. The lowest BCUT2D eigenvalue weighted by Crippen LogP contribution is -2.33. The van der Waals surface area contributed by atoms with Crippen molar-refractivity contribution >= 4 is 33.1 Å². The minimum Gasteiger partial charge on any atom is -0.465 e. The number of carbonyl (C=O) groups excluding carboxylic acids is 1. The van der Waals surface area contributed by atoms with Crippen LogP contribution in [0.25, 0.3) is 0 Å². The molecule has 132 valence electrons. The molecule has 0 bridgehead atoms. The summed E-state index contributed by atoms with van der Waals surface area (Å²) in [6.07, 6.45) is 0. The maximum Gasteiger partial charge on any atom is 0.323 e. The molecular formula is C16H16N2O6S. The Bertz CT molecular complexity index is 867. The second-order valence-corrected chi connectivity index (χ2v) is 6.72. The minimum atomic E-state index is -4.25. The van der Waals surface area contributed by atoms with Gasteiger partial charge < -0.3 is 4.74 Å². The van der Waals surface area contributed by atoms with E-state index in [0.717, 1.165) is 4.31 Å². The zero-order valence-electron chi connectivity index (χ0n) is 13.4. The molecule has 0 N–H and O–H groups in total. The zero-order valence-corrected chi connectivity index (χ0v) is 14.2. The van der Waals surface area contributed by atoms with Crippen molar-refractivity contribution < 1.29 is 22.9 Å². The maximum atomic E-state index is 12.8. The lowest BCUT2D eigenvalue weighted by atomic mass is 10.2. The van der Waals surface area contributed by atoms with Crippen molar-refractivity contribution in [1.82, 2.24) is 0 Å². The number of benzene rings is 2. The molecule has 0 saturated carbocycles. The number of nitro groups is 1. The topological polar surface area (TPSA) is 107 Å². The van der Waals surface area contributed by atoms with Crippen molar-refractivity contribution in [1.29, 1.82) is 0 Å². The van der Waals surface area contributed by atoms with Crippen molar-refractivity contribution in [3.8, 4) is 0 Å². The average Bonchev–Trinajstić information content (AvgIpc) is 2.55. The number of hydrogen-bond donors (Lipinski definition) is 0. The summed E-state index contributed by atoms with van der Waals surface area (Å²) in [5, 5.41) is 11.3. The molecule has 0 aromatic heterocycles. The third kappa shape index (κ3) is 4.32. The van der Waals surface area contributed by atoms with Gasteiger partial charge in [-0.05, 0) is 25.1 Å². The fourth-order valence-corrected chi connectivity index (χ4v) is 3.63. The Morgan fingerprint density at radius 1 is 1.12 bits per heavy atom. The molecular weight excluding hydrogens is 348 g/mol. The SMILES string of the molecule is CCOC(=O)CS(=O)(=O)N(c1ccccc1)c1ccccc1[N+](=O)[O-]. The predicted octanol–water partition coefficient (Wildman–Crippen LogP) is 2.63. The summed E-state index contributed by atoms with van der Waals surface area (Å²) < 4.78 is 31.1. The summed E-state index contributed by atoms with van der Waals surface area (Å²) in [6, 6.07) is 13.3. The fourth-order valence-electron chi connectivity index (χ4n) is 2.22. The van der Waals surface area contributed by atoms with Gasteiger partial charge in [0.1, 0.15) is 5.69 Å². The van der Waals surface area contributed by atoms with Gasteiger partial charge in [-0.2, -0.15) is 0 Å². The minimum absolute atomic E-state index is 0.0329. The molecule has 0 amide bonds. The highest BCUT2D eigenvalue weighted by atomic mass is 32.2. The number of ether oxygens (including phenoxy) is 1. The van der Waals surface area contributed by atoms with Gasteiger partial charge in [-0.15, -0.1) is 0 Å². The molecule has 2 aromatic rings. The molecule has 0 radical (unpaired) electrons. The summed E-state index contributed by atoms with van der Waals surface area (Å²) >= 11 is 0. The molecule has 0 saturated heterocycles. The highest BCUT2D eigenvalue weighted by molar-refractivity contribution is 7.93. The summed E-state index contributed by atoms with van der Waals surface area (Å²) in [5.41, 5.74) is -0.358. The van der Waals surface area contributed by atoms with Gasteiger partial charge in [0.2, 0.25) is 0 Å². The van der Waals surface area contributed by atoms with E-state index < -0.39 is 32.4 Å². The molecule has 2 rings (SSSR count). The highest BCUT2D eigenvalue weighted by Crippen LogP contribution is 2.35. The van der Waals surface area contributed by atoms with Crippen LogP contribution in [0.1, 0.15) is 6.92 Å². The van der Waals surface area contributed by atoms with Crippen LogP contribution >= 0.6 is 0 Å². The second kappa shape index (κ2) is 7.75. The molecule has 0 aliphatic carbocycles. The Kier molecular flexibility index (Phi) is 5.71. The quantitative estimate of drug-likeness (QED) is 0.425. The molecule has 8 nitrogen and oxygen atoms in total. The van der Waals surface area contributed by atoms with Crippen LogP contribution in [0, 0.1) is 10.1 Å². The number of nitro benzene ring substituents is 1. The molecule has 0 aliphatic heterocycles. The van der Waals surface area contributed by atoms with E-state index in [1.807, 2.05) is 0 Å². The van der Waals surface area contributed by atoms with Gasteiger partial charge in [-0.1, -0.05) is 30.3 Å². The van der Waals surface area contributed by atoms with Crippen LogP contribution in [0.15, 0.2) is 54.6 Å². The lowest BCUT2D eigenvalue weighted by molar-refractivity contribution is -0.384. The van der Waals surface area contributed by atoms with Gasteiger partial charge in [0.25, 0.3) is 15.7 Å². The molecule has 25 heavy (non-hydrogen) atoms. The van der Waals surface area contributed by atoms with Gasteiger partial charge in [0, 0.05) is 6.07 Å². The molecule has 0 atom stereocenters. The van der Waals surface area contributed by atoms with E-state index in [0.29, 0.717) is 0 Å². The van der Waals surface area contributed by atoms with Gasteiger partial charge in [0.15, 0.2) is 5.75 Å². The second-order valence-electron chi connectivity index (χ2n) is 4.91. The number of hydrogen-bond acceptors (Lipinski definition) is 6. The van der Waals surface area contributed by atoms with Gasteiger partial charge in [0.05, 0.1) is 17.2 Å². The summed E-state index contributed by atoms with van der Waals surface area (Å²) in [4.78, 5) is 22.3. The normalized spacial score (nSPS) is 10.9. The standard InChI is InChI=1S/C16H16N2O6S/c1-2-24-16(19)12-25(22,23)17(13-8-4-3-5-9-13)14-10-6-7-11-15(14)18(20)21/h3-11H,2,12H2,1H3. The van der Waals surface area contributed by atoms with E-state index in [-0.39, 0.29) is 18.0 Å². The van der Waals surface area contributed by atoms with Crippen LogP contribution in [0.2, 0.25) is 0 Å². The van der Waals surface area contributed by atoms with E-state index in [1.54, 1.807) is 25.1 Å². The Hall–Kier alpha value is -2.94. The number of sulfonamides is 1. The predicted molar refractivity (Wildman–Crippen MR) is 92.1 cm³/mol. The fraction of sp³-hybridized carbons (Fsp3) is 0.188. The van der Waals surface area contributed by atoms with E-state index in [4.69, 9.17) is 4.74 Å². The number of para-hydroxylation sites is 3. The van der Waals surface area contributed by atoms with Crippen LogP contribution in [0.3, 0.4) is 0 Å². The summed E-state index contributed by atoms with van der Waals surface area (Å²) in [6.45, 7) is 1.59. The summed E-state index contributed by atoms with van der Waals surface area (Å²) in [7, 11) is -4.25.